The molecule has 168 valence electrons. The first-order chi connectivity index (χ1) is 15.2. The van der Waals surface area contributed by atoms with Crippen LogP contribution in [0.1, 0.15) is 50.9 Å². The monoisotopic (exact) mass is 548 g/mol. The van der Waals surface area contributed by atoms with Gasteiger partial charge in [0.15, 0.2) is 28.8 Å². The van der Waals surface area contributed by atoms with Gasteiger partial charge in [0.25, 0.3) is 0 Å². The molecule has 0 N–H and O–H groups in total. The third-order valence-electron chi connectivity index (χ3n) is 5.60. The van der Waals surface area contributed by atoms with Crippen molar-refractivity contribution in [1.82, 2.24) is 24.3 Å². The number of halogens is 1. The summed E-state index contributed by atoms with van der Waals surface area (Å²) >= 11 is 1.82. The molecule has 0 radical (unpaired) electrons. The zero-order chi connectivity index (χ0) is 23.0. The number of carbonyl (C=O) groups is 1. The number of aromatic nitrogens is 4. The molecule has 1 fully saturated rings. The summed E-state index contributed by atoms with van der Waals surface area (Å²) in [5, 5.41) is 18.3. The zero-order valence-electron chi connectivity index (χ0n) is 18.5. The number of rotatable bonds is 3. The minimum absolute atomic E-state index is 0.210. The third-order valence-corrected chi connectivity index (χ3v) is 6.07. The summed E-state index contributed by atoms with van der Waals surface area (Å²) in [6.07, 6.45) is 6.63. The zero-order valence-corrected chi connectivity index (χ0v) is 20.7. The predicted octanol–water partition coefficient (Wildman–Crippen LogP) is 4.68. The maximum Gasteiger partial charge on any atom is 0.410 e. The standard InChI is InChI=1S/C22H25IN6O3/c1-14-18(15-9-19(32-23)20-16(10-24)11-25-28(20)13-15)12-26-29(14)17-5-7-27(8-6-17)21(30)31-22(2,3)4/h9,11-13,17H,5-8H2,1-4H3. The highest BCUT2D eigenvalue weighted by Gasteiger charge is 2.29. The molecule has 0 spiro atoms. The van der Waals surface area contributed by atoms with E-state index in [0.717, 1.165) is 29.7 Å². The van der Waals surface area contributed by atoms with Crippen molar-refractivity contribution in [3.05, 3.63) is 35.9 Å². The topological polar surface area (TPSA) is 97.7 Å². The number of piperidine rings is 1. The van der Waals surface area contributed by atoms with Gasteiger partial charge in [-0.1, -0.05) is 0 Å². The van der Waals surface area contributed by atoms with Crippen LogP contribution in [0, 0.1) is 18.3 Å². The smallest absolute Gasteiger partial charge is 0.410 e. The van der Waals surface area contributed by atoms with Crippen LogP contribution in [-0.2, 0) is 4.74 Å². The number of fused-ring (bicyclic) bond motifs is 1. The van der Waals surface area contributed by atoms with Crippen molar-refractivity contribution in [1.29, 1.82) is 5.26 Å². The summed E-state index contributed by atoms with van der Waals surface area (Å²) in [6, 6.07) is 4.26. The van der Waals surface area contributed by atoms with E-state index in [1.807, 2.05) is 73.8 Å². The van der Waals surface area contributed by atoms with Crippen molar-refractivity contribution in [3.8, 4) is 22.9 Å². The number of amides is 1. The van der Waals surface area contributed by atoms with Gasteiger partial charge in [0.1, 0.15) is 22.8 Å². The van der Waals surface area contributed by atoms with Gasteiger partial charge in [-0.25, -0.2) is 9.31 Å². The summed E-state index contributed by atoms with van der Waals surface area (Å²) in [4.78, 5) is 14.1. The number of likely N-dealkylation sites (tertiary alicyclic amines) is 1. The number of carbonyl (C=O) groups excluding carboxylic acids is 1. The summed E-state index contributed by atoms with van der Waals surface area (Å²) in [5.41, 5.74) is 3.53. The van der Waals surface area contributed by atoms with E-state index in [2.05, 4.69) is 16.3 Å². The van der Waals surface area contributed by atoms with Crippen molar-refractivity contribution in [2.45, 2.75) is 52.2 Å². The summed E-state index contributed by atoms with van der Waals surface area (Å²) in [6.45, 7) is 8.95. The number of hydrogen-bond donors (Lipinski definition) is 0. The average Bonchev–Trinajstić information content (AvgIpc) is 3.35. The Morgan fingerprint density at radius 2 is 1.97 bits per heavy atom. The Bertz CT molecular complexity index is 1190. The summed E-state index contributed by atoms with van der Waals surface area (Å²) in [7, 11) is 0. The number of ether oxygens (including phenoxy) is 1. The van der Waals surface area contributed by atoms with Crippen LogP contribution < -0.4 is 3.07 Å². The van der Waals surface area contributed by atoms with E-state index >= 15 is 0 Å². The Labute approximate surface area is 200 Å². The summed E-state index contributed by atoms with van der Waals surface area (Å²) in [5.74, 6) is 0.579. The highest BCUT2D eigenvalue weighted by Crippen LogP contribution is 2.34. The minimum Gasteiger partial charge on any atom is -0.444 e. The first-order valence-electron chi connectivity index (χ1n) is 10.4. The molecule has 1 aliphatic rings. The van der Waals surface area contributed by atoms with Crippen molar-refractivity contribution >= 4 is 34.6 Å². The van der Waals surface area contributed by atoms with E-state index in [-0.39, 0.29) is 12.1 Å². The van der Waals surface area contributed by atoms with Crippen LogP contribution in [0.25, 0.3) is 16.6 Å². The molecule has 3 aromatic heterocycles. The highest BCUT2D eigenvalue weighted by molar-refractivity contribution is 14.1. The molecule has 32 heavy (non-hydrogen) atoms. The number of hydrogen-bond acceptors (Lipinski definition) is 6. The molecule has 10 heteroatoms. The molecule has 1 saturated heterocycles. The fraction of sp³-hybridized carbons (Fsp3) is 0.455. The predicted molar refractivity (Wildman–Crippen MR) is 127 cm³/mol. The molecule has 0 bridgehead atoms. The van der Waals surface area contributed by atoms with Gasteiger partial charge in [0, 0.05) is 36.1 Å². The molecule has 1 aliphatic heterocycles. The molecule has 9 nitrogen and oxygen atoms in total. The van der Waals surface area contributed by atoms with E-state index < -0.39 is 5.60 Å². The average molecular weight is 548 g/mol. The maximum atomic E-state index is 12.3. The number of pyridine rings is 1. The van der Waals surface area contributed by atoms with Crippen LogP contribution in [0.4, 0.5) is 4.79 Å². The van der Waals surface area contributed by atoms with E-state index in [1.165, 1.54) is 6.20 Å². The number of nitrogens with zero attached hydrogens (tertiary/aromatic N) is 6. The molecule has 3 aromatic rings. The first kappa shape index (κ1) is 22.4. The van der Waals surface area contributed by atoms with E-state index in [9.17, 15) is 10.1 Å². The Hall–Kier alpha value is -2.81. The van der Waals surface area contributed by atoms with Crippen LogP contribution >= 0.6 is 23.0 Å². The van der Waals surface area contributed by atoms with Gasteiger partial charge >= 0.3 is 6.09 Å². The molecule has 1 amide bonds. The Morgan fingerprint density at radius 3 is 2.59 bits per heavy atom. The normalized spacial score (nSPS) is 15.1. The Kier molecular flexibility index (Phi) is 6.03. The lowest BCUT2D eigenvalue weighted by atomic mass is 10.0. The third kappa shape index (κ3) is 4.26. The van der Waals surface area contributed by atoms with Crippen molar-refractivity contribution in [3.63, 3.8) is 0 Å². The van der Waals surface area contributed by atoms with Gasteiger partial charge in [0.05, 0.1) is 18.4 Å². The Balaban J connectivity index is 1.55. The molecule has 4 rings (SSSR count). The fourth-order valence-electron chi connectivity index (χ4n) is 4.07. The van der Waals surface area contributed by atoms with Gasteiger partial charge in [-0.3, -0.25) is 4.68 Å². The lowest BCUT2D eigenvalue weighted by Crippen LogP contribution is -2.42. The lowest BCUT2D eigenvalue weighted by Gasteiger charge is -2.33. The summed E-state index contributed by atoms with van der Waals surface area (Å²) < 4.78 is 14.7. The molecule has 4 heterocycles. The van der Waals surface area contributed by atoms with Crippen LogP contribution in [0.2, 0.25) is 0 Å². The van der Waals surface area contributed by atoms with Crippen LogP contribution in [0.5, 0.6) is 5.75 Å². The molecular formula is C22H25IN6O3. The SMILES string of the molecule is Cc1c(-c2cc(OI)c3c(C#N)cnn3c2)cnn1C1CCN(C(=O)OC(C)(C)C)CC1. The molecule has 0 aliphatic carbocycles. The quantitative estimate of drug-likeness (QED) is 0.441. The second kappa shape index (κ2) is 8.61. The largest absolute Gasteiger partial charge is 0.444 e. The van der Waals surface area contributed by atoms with Gasteiger partial charge < -0.3 is 12.7 Å². The second-order valence-electron chi connectivity index (χ2n) is 8.92. The van der Waals surface area contributed by atoms with E-state index in [0.29, 0.717) is 29.9 Å². The van der Waals surface area contributed by atoms with Crippen LogP contribution in [-0.4, -0.2) is 49.1 Å². The number of nitriles is 1. The molecule has 0 aromatic carbocycles. The molecule has 0 unspecified atom stereocenters. The molecule has 0 atom stereocenters. The van der Waals surface area contributed by atoms with Crippen molar-refractivity contribution in [2.24, 2.45) is 0 Å². The van der Waals surface area contributed by atoms with Crippen LogP contribution in [0.3, 0.4) is 0 Å². The lowest BCUT2D eigenvalue weighted by molar-refractivity contribution is 0.0184. The highest BCUT2D eigenvalue weighted by atomic mass is 127. The van der Waals surface area contributed by atoms with Crippen LogP contribution in [0.15, 0.2) is 24.7 Å². The van der Waals surface area contributed by atoms with Gasteiger partial charge in [0.2, 0.25) is 0 Å². The second-order valence-corrected chi connectivity index (χ2v) is 9.36. The molecular weight excluding hydrogens is 523 g/mol. The Morgan fingerprint density at radius 1 is 1.25 bits per heavy atom. The fourth-order valence-corrected chi connectivity index (χ4v) is 4.40. The van der Waals surface area contributed by atoms with Gasteiger partial charge in [-0.15, -0.1) is 0 Å². The van der Waals surface area contributed by atoms with Crippen molar-refractivity contribution < 1.29 is 12.6 Å². The van der Waals surface area contributed by atoms with Gasteiger partial charge in [-0.05, 0) is 46.6 Å². The molecule has 0 saturated carbocycles. The maximum absolute atomic E-state index is 12.3. The van der Waals surface area contributed by atoms with Gasteiger partial charge in [-0.2, -0.15) is 15.5 Å². The van der Waals surface area contributed by atoms with E-state index in [1.54, 1.807) is 9.42 Å². The van der Waals surface area contributed by atoms with Crippen molar-refractivity contribution in [2.75, 3.05) is 13.1 Å². The first-order valence-corrected chi connectivity index (χ1v) is 11.3. The minimum atomic E-state index is -0.494. The van der Waals surface area contributed by atoms with E-state index in [4.69, 9.17) is 7.80 Å².